The molecule has 2 heterocycles. The quantitative estimate of drug-likeness (QED) is 0.599. The first-order valence-corrected chi connectivity index (χ1v) is 9.93. The molecule has 0 saturated heterocycles. The number of aromatic nitrogens is 1. The Hall–Kier alpha value is -1.93. The molecular weight excluding hydrogens is 413 g/mol. The number of nitrogens with zero attached hydrogens (tertiary/aromatic N) is 1. The molecule has 5 nitrogen and oxygen atoms in total. The number of halogens is 2. The van der Waals surface area contributed by atoms with Crippen LogP contribution in [0.15, 0.2) is 35.7 Å². The van der Waals surface area contributed by atoms with Gasteiger partial charge in [-0.1, -0.05) is 35.3 Å². The third-order valence-corrected chi connectivity index (χ3v) is 5.66. The number of amides is 2. The standard InChI is InChI=1S/C17H13Cl2N3O2S2/c1-9(23)20-7-10-2-4-11(5-3-10)16(24)22-17-21-13(8-25-17)12-6-14(18)26-15(12)19/h2-6,8H,7H2,1H3,(H,20,23)(H,21,22,24). The number of rotatable bonds is 5. The monoisotopic (exact) mass is 425 g/mol. The Kier molecular flexibility index (Phi) is 5.93. The molecule has 0 fully saturated rings. The first-order chi connectivity index (χ1) is 12.4. The third kappa shape index (κ3) is 4.62. The molecule has 2 N–H and O–H groups in total. The summed E-state index contributed by atoms with van der Waals surface area (Å²) in [5.74, 6) is -0.357. The van der Waals surface area contributed by atoms with Crippen LogP contribution >= 0.6 is 45.9 Å². The smallest absolute Gasteiger partial charge is 0.257 e. The van der Waals surface area contributed by atoms with E-state index in [2.05, 4.69) is 15.6 Å². The molecule has 0 aliphatic carbocycles. The maximum Gasteiger partial charge on any atom is 0.257 e. The molecule has 0 radical (unpaired) electrons. The van der Waals surface area contributed by atoms with Gasteiger partial charge in [-0.15, -0.1) is 22.7 Å². The normalized spacial score (nSPS) is 10.6. The van der Waals surface area contributed by atoms with Crippen molar-refractivity contribution in [2.24, 2.45) is 0 Å². The fraction of sp³-hybridized carbons (Fsp3) is 0.118. The Morgan fingerprint density at radius 3 is 2.54 bits per heavy atom. The molecule has 9 heteroatoms. The van der Waals surface area contributed by atoms with Gasteiger partial charge in [0.25, 0.3) is 5.91 Å². The number of nitrogens with one attached hydrogen (secondary N) is 2. The van der Waals surface area contributed by atoms with E-state index >= 15 is 0 Å². The lowest BCUT2D eigenvalue weighted by atomic mass is 10.1. The Bertz CT molecular complexity index is 951. The topological polar surface area (TPSA) is 71.1 Å². The van der Waals surface area contributed by atoms with Crippen LogP contribution in [0.5, 0.6) is 0 Å². The molecule has 0 unspecified atom stereocenters. The number of thiophene rings is 1. The number of carbonyl (C=O) groups excluding carboxylic acids is 2. The summed E-state index contributed by atoms with van der Waals surface area (Å²) in [6.45, 7) is 1.89. The molecule has 0 spiro atoms. The van der Waals surface area contributed by atoms with Gasteiger partial charge in [-0.2, -0.15) is 0 Å². The van der Waals surface area contributed by atoms with Crippen LogP contribution in [0.25, 0.3) is 11.3 Å². The van der Waals surface area contributed by atoms with E-state index < -0.39 is 0 Å². The van der Waals surface area contributed by atoms with Gasteiger partial charge in [0.15, 0.2) is 5.13 Å². The zero-order chi connectivity index (χ0) is 18.7. The summed E-state index contributed by atoms with van der Waals surface area (Å²) < 4.78 is 1.15. The summed E-state index contributed by atoms with van der Waals surface area (Å²) in [6.07, 6.45) is 0. The second kappa shape index (κ2) is 8.18. The molecule has 0 atom stereocenters. The molecule has 3 aromatic rings. The van der Waals surface area contributed by atoms with Gasteiger partial charge in [0.2, 0.25) is 5.91 Å². The van der Waals surface area contributed by atoms with Crippen molar-refractivity contribution in [2.75, 3.05) is 5.32 Å². The first-order valence-electron chi connectivity index (χ1n) is 7.48. The number of thiazole rings is 1. The Morgan fingerprint density at radius 2 is 1.92 bits per heavy atom. The van der Waals surface area contributed by atoms with Crippen molar-refractivity contribution < 1.29 is 9.59 Å². The van der Waals surface area contributed by atoms with E-state index in [1.165, 1.54) is 29.6 Å². The van der Waals surface area contributed by atoms with Crippen molar-refractivity contribution in [2.45, 2.75) is 13.5 Å². The Labute approximate surface area is 168 Å². The highest BCUT2D eigenvalue weighted by atomic mass is 35.5. The molecule has 26 heavy (non-hydrogen) atoms. The number of benzene rings is 1. The average molecular weight is 426 g/mol. The minimum absolute atomic E-state index is 0.0987. The van der Waals surface area contributed by atoms with Crippen LogP contribution in [0, 0.1) is 0 Å². The van der Waals surface area contributed by atoms with E-state index in [1.54, 1.807) is 30.3 Å². The summed E-state index contributed by atoms with van der Waals surface area (Å²) >= 11 is 14.7. The van der Waals surface area contributed by atoms with Gasteiger partial charge in [0.05, 0.1) is 10.0 Å². The van der Waals surface area contributed by atoms with Crippen molar-refractivity contribution in [1.29, 1.82) is 0 Å². The minimum atomic E-state index is -0.258. The molecule has 0 bridgehead atoms. The fourth-order valence-electron chi connectivity index (χ4n) is 2.14. The van der Waals surface area contributed by atoms with Crippen LogP contribution < -0.4 is 10.6 Å². The van der Waals surface area contributed by atoms with E-state index in [4.69, 9.17) is 23.2 Å². The van der Waals surface area contributed by atoms with Gasteiger partial charge in [-0.3, -0.25) is 14.9 Å². The zero-order valence-electron chi connectivity index (χ0n) is 13.5. The van der Waals surface area contributed by atoms with Crippen LogP contribution in [0.1, 0.15) is 22.8 Å². The van der Waals surface area contributed by atoms with E-state index in [-0.39, 0.29) is 11.8 Å². The number of anilines is 1. The SMILES string of the molecule is CC(=O)NCc1ccc(C(=O)Nc2nc(-c3cc(Cl)sc3Cl)cs2)cc1. The van der Waals surface area contributed by atoms with Gasteiger partial charge in [0, 0.05) is 30.0 Å². The Balaban J connectivity index is 1.66. The van der Waals surface area contributed by atoms with Crippen LogP contribution in [0.3, 0.4) is 0 Å². The second-order valence-corrected chi connectivity index (χ2v) is 8.48. The molecule has 3 rings (SSSR count). The van der Waals surface area contributed by atoms with Crippen LogP contribution in [0.4, 0.5) is 5.13 Å². The molecule has 134 valence electrons. The molecule has 0 aliphatic heterocycles. The predicted octanol–water partition coefficient (Wildman–Crippen LogP) is 5.07. The lowest BCUT2D eigenvalue weighted by Crippen LogP contribution is -2.19. The van der Waals surface area contributed by atoms with Gasteiger partial charge in [0.1, 0.15) is 4.34 Å². The highest BCUT2D eigenvalue weighted by Crippen LogP contribution is 2.39. The summed E-state index contributed by atoms with van der Waals surface area (Å²) in [4.78, 5) is 27.7. The van der Waals surface area contributed by atoms with Crippen molar-refractivity contribution in [3.8, 4) is 11.3 Å². The van der Waals surface area contributed by atoms with Crippen LogP contribution in [-0.4, -0.2) is 16.8 Å². The van der Waals surface area contributed by atoms with E-state index in [0.717, 1.165) is 11.1 Å². The fourth-order valence-corrected chi connectivity index (χ4v) is 4.33. The Morgan fingerprint density at radius 1 is 1.19 bits per heavy atom. The van der Waals surface area contributed by atoms with Crippen molar-refractivity contribution >= 4 is 62.8 Å². The van der Waals surface area contributed by atoms with Crippen molar-refractivity contribution in [3.05, 3.63) is 55.5 Å². The minimum Gasteiger partial charge on any atom is -0.352 e. The van der Waals surface area contributed by atoms with Gasteiger partial charge in [-0.05, 0) is 23.8 Å². The molecular formula is C17H13Cl2N3O2S2. The van der Waals surface area contributed by atoms with Gasteiger partial charge >= 0.3 is 0 Å². The van der Waals surface area contributed by atoms with E-state index in [9.17, 15) is 9.59 Å². The second-order valence-electron chi connectivity index (χ2n) is 5.34. The molecule has 2 aromatic heterocycles. The zero-order valence-corrected chi connectivity index (χ0v) is 16.7. The number of carbonyl (C=O) groups is 2. The summed E-state index contributed by atoms with van der Waals surface area (Å²) in [5, 5.41) is 7.77. The molecule has 0 aliphatic rings. The highest BCUT2D eigenvalue weighted by molar-refractivity contribution is 7.20. The number of hydrogen-bond donors (Lipinski definition) is 2. The molecule has 0 saturated carbocycles. The van der Waals surface area contributed by atoms with Crippen molar-refractivity contribution in [1.82, 2.24) is 10.3 Å². The van der Waals surface area contributed by atoms with E-state index in [1.807, 2.05) is 5.38 Å². The summed E-state index contributed by atoms with van der Waals surface area (Å²) in [6, 6.07) is 8.76. The summed E-state index contributed by atoms with van der Waals surface area (Å²) in [5.41, 5.74) is 2.84. The van der Waals surface area contributed by atoms with Gasteiger partial charge < -0.3 is 5.32 Å². The maximum atomic E-state index is 12.3. The number of hydrogen-bond acceptors (Lipinski definition) is 5. The lowest BCUT2D eigenvalue weighted by molar-refractivity contribution is -0.119. The van der Waals surface area contributed by atoms with Crippen LogP contribution in [-0.2, 0) is 11.3 Å². The largest absolute Gasteiger partial charge is 0.352 e. The van der Waals surface area contributed by atoms with E-state index in [0.29, 0.717) is 31.6 Å². The predicted molar refractivity (Wildman–Crippen MR) is 107 cm³/mol. The molecule has 1 aromatic carbocycles. The van der Waals surface area contributed by atoms with Crippen molar-refractivity contribution in [3.63, 3.8) is 0 Å². The molecule has 2 amide bonds. The highest BCUT2D eigenvalue weighted by Gasteiger charge is 2.14. The van der Waals surface area contributed by atoms with Gasteiger partial charge in [-0.25, -0.2) is 4.98 Å². The van der Waals surface area contributed by atoms with Crippen LogP contribution in [0.2, 0.25) is 8.67 Å². The maximum absolute atomic E-state index is 12.3. The lowest BCUT2D eigenvalue weighted by Gasteiger charge is -2.05. The average Bonchev–Trinajstić information content (AvgIpc) is 3.19. The first kappa shape index (κ1) is 18.8. The third-order valence-electron chi connectivity index (χ3n) is 3.41. The summed E-state index contributed by atoms with van der Waals surface area (Å²) in [7, 11) is 0.